The minimum atomic E-state index is -0.0577. The number of rotatable bonds is 5. The summed E-state index contributed by atoms with van der Waals surface area (Å²) in [5.74, 6) is 0.817. The molecule has 0 radical (unpaired) electrons. The fourth-order valence-corrected chi connectivity index (χ4v) is 2.11. The molecule has 0 atom stereocenters. The van der Waals surface area contributed by atoms with Crippen molar-refractivity contribution >= 4 is 5.91 Å². The van der Waals surface area contributed by atoms with Gasteiger partial charge in [-0.1, -0.05) is 30.3 Å². The monoisotopic (exact) mass is 283 g/mol. The second-order valence-corrected chi connectivity index (χ2v) is 5.19. The Morgan fingerprint density at radius 3 is 2.57 bits per heavy atom. The molecule has 0 fully saturated rings. The summed E-state index contributed by atoms with van der Waals surface area (Å²) < 4.78 is 5.72. The molecule has 0 heterocycles. The molecule has 2 aromatic carbocycles. The summed E-state index contributed by atoms with van der Waals surface area (Å²) in [6, 6.07) is 13.7. The summed E-state index contributed by atoms with van der Waals surface area (Å²) in [7, 11) is 0. The predicted molar refractivity (Wildman–Crippen MR) is 84.9 cm³/mol. The Morgan fingerprint density at radius 1 is 1.05 bits per heavy atom. The lowest BCUT2D eigenvalue weighted by molar-refractivity contribution is 0.0946. The minimum Gasteiger partial charge on any atom is -0.491 e. The highest BCUT2D eigenvalue weighted by molar-refractivity contribution is 5.95. The molecule has 0 spiro atoms. The summed E-state index contributed by atoms with van der Waals surface area (Å²) in [6.07, 6.45) is 0. The second-order valence-electron chi connectivity index (χ2n) is 5.19. The highest BCUT2D eigenvalue weighted by Crippen LogP contribution is 2.18. The Morgan fingerprint density at radius 2 is 1.81 bits per heavy atom. The molecule has 0 aliphatic heterocycles. The van der Waals surface area contributed by atoms with Crippen LogP contribution in [0.25, 0.3) is 0 Å². The molecule has 2 rings (SSSR count). The number of carbonyl (C=O) groups excluding carboxylic acids is 1. The second kappa shape index (κ2) is 6.93. The van der Waals surface area contributed by atoms with Crippen LogP contribution in [0.4, 0.5) is 0 Å². The third kappa shape index (κ3) is 4.09. The summed E-state index contributed by atoms with van der Waals surface area (Å²) >= 11 is 0. The number of hydrogen-bond acceptors (Lipinski definition) is 2. The van der Waals surface area contributed by atoms with Crippen molar-refractivity contribution < 1.29 is 9.53 Å². The van der Waals surface area contributed by atoms with Crippen molar-refractivity contribution in [3.05, 3.63) is 64.7 Å². The van der Waals surface area contributed by atoms with E-state index in [0.717, 1.165) is 16.9 Å². The first kappa shape index (κ1) is 15.1. The van der Waals surface area contributed by atoms with Gasteiger partial charge in [-0.05, 0) is 49.6 Å². The van der Waals surface area contributed by atoms with Gasteiger partial charge in [-0.25, -0.2) is 0 Å². The Bertz CT molecular complexity index is 635. The van der Waals surface area contributed by atoms with Gasteiger partial charge in [0.1, 0.15) is 12.4 Å². The van der Waals surface area contributed by atoms with Gasteiger partial charge < -0.3 is 10.1 Å². The van der Waals surface area contributed by atoms with Gasteiger partial charge in [0.2, 0.25) is 0 Å². The SMILES string of the molecule is Cc1ccc(C)c(OCCNC(=O)c2ccccc2C)c1. The molecular weight excluding hydrogens is 262 g/mol. The molecule has 0 aliphatic carbocycles. The Labute approximate surface area is 126 Å². The van der Waals surface area contributed by atoms with Crippen molar-refractivity contribution in [1.82, 2.24) is 5.32 Å². The van der Waals surface area contributed by atoms with E-state index in [1.165, 1.54) is 5.56 Å². The maximum atomic E-state index is 12.0. The number of aryl methyl sites for hydroxylation is 3. The molecule has 0 aliphatic rings. The van der Waals surface area contributed by atoms with Gasteiger partial charge in [-0.3, -0.25) is 4.79 Å². The van der Waals surface area contributed by atoms with E-state index in [9.17, 15) is 4.79 Å². The van der Waals surface area contributed by atoms with Crippen molar-refractivity contribution in [2.75, 3.05) is 13.2 Å². The predicted octanol–water partition coefficient (Wildman–Crippen LogP) is 3.42. The number of benzene rings is 2. The number of hydrogen-bond donors (Lipinski definition) is 1. The average molecular weight is 283 g/mol. The van der Waals surface area contributed by atoms with E-state index in [0.29, 0.717) is 18.7 Å². The zero-order chi connectivity index (χ0) is 15.2. The number of ether oxygens (including phenoxy) is 1. The lowest BCUT2D eigenvalue weighted by atomic mass is 10.1. The van der Waals surface area contributed by atoms with Crippen molar-refractivity contribution in [3.8, 4) is 5.75 Å². The molecule has 0 bridgehead atoms. The Hall–Kier alpha value is -2.29. The van der Waals surface area contributed by atoms with Gasteiger partial charge in [0, 0.05) is 5.56 Å². The smallest absolute Gasteiger partial charge is 0.251 e. The van der Waals surface area contributed by atoms with Crippen LogP contribution in [0.5, 0.6) is 5.75 Å². The van der Waals surface area contributed by atoms with Crippen LogP contribution in [-0.2, 0) is 0 Å². The molecule has 0 aromatic heterocycles. The summed E-state index contributed by atoms with van der Waals surface area (Å²) in [4.78, 5) is 12.0. The summed E-state index contributed by atoms with van der Waals surface area (Å²) in [5, 5.41) is 2.88. The third-order valence-electron chi connectivity index (χ3n) is 3.38. The van der Waals surface area contributed by atoms with Crippen LogP contribution in [0.3, 0.4) is 0 Å². The van der Waals surface area contributed by atoms with Gasteiger partial charge in [0.25, 0.3) is 5.91 Å². The van der Waals surface area contributed by atoms with Crippen LogP contribution in [0, 0.1) is 20.8 Å². The standard InChI is InChI=1S/C18H21NO2/c1-13-8-9-15(3)17(12-13)21-11-10-19-18(20)16-7-5-4-6-14(16)2/h4-9,12H,10-11H2,1-3H3,(H,19,20). The highest BCUT2D eigenvalue weighted by Gasteiger charge is 2.07. The van der Waals surface area contributed by atoms with E-state index in [2.05, 4.69) is 11.4 Å². The van der Waals surface area contributed by atoms with Crippen molar-refractivity contribution in [3.63, 3.8) is 0 Å². The lowest BCUT2D eigenvalue weighted by Crippen LogP contribution is -2.28. The van der Waals surface area contributed by atoms with E-state index in [-0.39, 0.29) is 5.91 Å². The van der Waals surface area contributed by atoms with Gasteiger partial charge in [-0.15, -0.1) is 0 Å². The maximum Gasteiger partial charge on any atom is 0.251 e. The van der Waals surface area contributed by atoms with Crippen LogP contribution in [0.1, 0.15) is 27.0 Å². The molecule has 0 saturated carbocycles. The quantitative estimate of drug-likeness (QED) is 0.854. The first-order valence-corrected chi connectivity index (χ1v) is 7.12. The van der Waals surface area contributed by atoms with Gasteiger partial charge >= 0.3 is 0 Å². The average Bonchev–Trinajstić information content (AvgIpc) is 2.47. The first-order valence-electron chi connectivity index (χ1n) is 7.12. The van der Waals surface area contributed by atoms with E-state index < -0.39 is 0 Å². The van der Waals surface area contributed by atoms with E-state index >= 15 is 0 Å². The Kier molecular flexibility index (Phi) is 4.99. The normalized spacial score (nSPS) is 10.2. The number of carbonyl (C=O) groups is 1. The van der Waals surface area contributed by atoms with Crippen molar-refractivity contribution in [2.45, 2.75) is 20.8 Å². The molecular formula is C18H21NO2. The lowest BCUT2D eigenvalue weighted by Gasteiger charge is -2.11. The zero-order valence-electron chi connectivity index (χ0n) is 12.8. The number of nitrogens with one attached hydrogen (secondary N) is 1. The van der Waals surface area contributed by atoms with Crippen LogP contribution < -0.4 is 10.1 Å². The van der Waals surface area contributed by atoms with Crippen LogP contribution in [0.2, 0.25) is 0 Å². The molecule has 3 heteroatoms. The molecule has 110 valence electrons. The first-order chi connectivity index (χ1) is 10.1. The molecule has 0 saturated heterocycles. The van der Waals surface area contributed by atoms with Gasteiger partial charge in [0.15, 0.2) is 0 Å². The van der Waals surface area contributed by atoms with Crippen LogP contribution in [0.15, 0.2) is 42.5 Å². The van der Waals surface area contributed by atoms with Crippen molar-refractivity contribution in [2.24, 2.45) is 0 Å². The molecule has 0 unspecified atom stereocenters. The van der Waals surface area contributed by atoms with Crippen LogP contribution >= 0.6 is 0 Å². The zero-order valence-corrected chi connectivity index (χ0v) is 12.8. The molecule has 2 aromatic rings. The van der Waals surface area contributed by atoms with E-state index in [1.54, 1.807) is 0 Å². The fourth-order valence-electron chi connectivity index (χ4n) is 2.11. The van der Waals surface area contributed by atoms with E-state index in [1.807, 2.05) is 57.2 Å². The highest BCUT2D eigenvalue weighted by atomic mass is 16.5. The topological polar surface area (TPSA) is 38.3 Å². The van der Waals surface area contributed by atoms with Gasteiger partial charge in [-0.2, -0.15) is 0 Å². The van der Waals surface area contributed by atoms with Gasteiger partial charge in [0.05, 0.1) is 6.54 Å². The third-order valence-corrected chi connectivity index (χ3v) is 3.38. The molecule has 21 heavy (non-hydrogen) atoms. The fraction of sp³-hybridized carbons (Fsp3) is 0.278. The molecule has 1 N–H and O–H groups in total. The minimum absolute atomic E-state index is 0.0577. The Balaban J connectivity index is 1.84. The summed E-state index contributed by atoms with van der Waals surface area (Å²) in [5.41, 5.74) is 3.96. The van der Waals surface area contributed by atoms with Crippen molar-refractivity contribution in [1.29, 1.82) is 0 Å². The maximum absolute atomic E-state index is 12.0. The number of amides is 1. The molecule has 3 nitrogen and oxygen atoms in total. The summed E-state index contributed by atoms with van der Waals surface area (Å²) in [6.45, 7) is 6.93. The van der Waals surface area contributed by atoms with Crippen LogP contribution in [-0.4, -0.2) is 19.1 Å². The largest absolute Gasteiger partial charge is 0.491 e. The molecule has 1 amide bonds. The van der Waals surface area contributed by atoms with E-state index in [4.69, 9.17) is 4.74 Å².